The van der Waals surface area contributed by atoms with Crippen molar-refractivity contribution in [1.29, 1.82) is 0 Å². The third-order valence-corrected chi connectivity index (χ3v) is 3.86. The van der Waals surface area contributed by atoms with Gasteiger partial charge in [-0.3, -0.25) is 4.79 Å². The number of rotatable bonds is 3. The molecule has 0 fully saturated rings. The number of hydrogen-bond donors (Lipinski definition) is 1. The topological polar surface area (TPSA) is 49.2 Å². The maximum absolute atomic E-state index is 12.6. The molecule has 0 unspecified atom stereocenters. The minimum absolute atomic E-state index is 0.0395. The molecule has 0 aliphatic rings. The first-order chi connectivity index (χ1) is 10.4. The van der Waals surface area contributed by atoms with Gasteiger partial charge < -0.3 is 14.3 Å². The van der Waals surface area contributed by atoms with Gasteiger partial charge >= 0.3 is 0 Å². The van der Waals surface area contributed by atoms with Crippen LogP contribution in [0.2, 0.25) is 0 Å². The molecule has 4 nitrogen and oxygen atoms in total. The maximum Gasteiger partial charge on any atom is 0.270 e. The van der Waals surface area contributed by atoms with Gasteiger partial charge in [-0.2, -0.15) is 0 Å². The van der Waals surface area contributed by atoms with Crippen molar-refractivity contribution in [1.82, 2.24) is 9.88 Å². The van der Waals surface area contributed by atoms with Crippen LogP contribution in [0.4, 0.5) is 0 Å². The minimum atomic E-state index is -0.0395. The number of carbonyl (C=O) groups is 1. The van der Waals surface area contributed by atoms with Crippen molar-refractivity contribution in [3.8, 4) is 0 Å². The lowest BCUT2D eigenvalue weighted by molar-refractivity contribution is 0.0770. The number of aromatic nitrogens is 1. The molecule has 0 spiro atoms. The Balaban J connectivity index is 1.86. The summed E-state index contributed by atoms with van der Waals surface area (Å²) in [5.41, 5.74) is 3.97. The van der Waals surface area contributed by atoms with E-state index in [-0.39, 0.29) is 5.91 Å². The second-order valence-electron chi connectivity index (χ2n) is 5.90. The molecule has 22 heavy (non-hydrogen) atoms. The summed E-state index contributed by atoms with van der Waals surface area (Å²) in [6.45, 7) is 6.47. The van der Waals surface area contributed by atoms with E-state index in [9.17, 15) is 4.79 Å². The minimum Gasteiger partial charge on any atom is -0.464 e. The summed E-state index contributed by atoms with van der Waals surface area (Å²) >= 11 is 0. The van der Waals surface area contributed by atoms with Gasteiger partial charge in [0.05, 0.1) is 6.54 Å². The summed E-state index contributed by atoms with van der Waals surface area (Å²) in [5.74, 6) is 1.60. The van der Waals surface area contributed by atoms with Crippen LogP contribution in [0, 0.1) is 20.8 Å². The summed E-state index contributed by atoms with van der Waals surface area (Å²) in [4.78, 5) is 17.5. The Hall–Kier alpha value is -2.49. The number of hydrogen-bond acceptors (Lipinski definition) is 2. The summed E-state index contributed by atoms with van der Waals surface area (Å²) in [7, 11) is 1.78. The molecule has 0 atom stereocenters. The molecular weight excluding hydrogens is 276 g/mol. The second-order valence-corrected chi connectivity index (χ2v) is 5.90. The third-order valence-electron chi connectivity index (χ3n) is 3.86. The third kappa shape index (κ3) is 2.64. The van der Waals surface area contributed by atoms with Gasteiger partial charge in [0.15, 0.2) is 0 Å². The highest BCUT2D eigenvalue weighted by Gasteiger charge is 2.16. The molecule has 1 amide bonds. The van der Waals surface area contributed by atoms with E-state index in [0.29, 0.717) is 12.2 Å². The number of nitrogens with zero attached hydrogens (tertiary/aromatic N) is 1. The molecule has 3 aromatic rings. The van der Waals surface area contributed by atoms with Crippen molar-refractivity contribution in [2.75, 3.05) is 7.05 Å². The molecule has 3 rings (SSSR count). The molecule has 0 bridgehead atoms. The summed E-state index contributed by atoms with van der Waals surface area (Å²) in [6, 6.07) is 9.92. The van der Waals surface area contributed by atoms with E-state index < -0.39 is 0 Å². The number of benzene rings is 1. The zero-order valence-corrected chi connectivity index (χ0v) is 13.4. The summed E-state index contributed by atoms with van der Waals surface area (Å²) in [5, 5.41) is 1.09. The number of furan rings is 1. The van der Waals surface area contributed by atoms with E-state index >= 15 is 0 Å². The molecule has 0 radical (unpaired) electrons. The smallest absolute Gasteiger partial charge is 0.270 e. The van der Waals surface area contributed by atoms with Crippen LogP contribution < -0.4 is 0 Å². The monoisotopic (exact) mass is 296 g/mol. The summed E-state index contributed by atoms with van der Waals surface area (Å²) in [6.07, 6.45) is 0. The molecule has 2 aromatic heterocycles. The zero-order valence-electron chi connectivity index (χ0n) is 13.4. The lowest BCUT2D eigenvalue weighted by Gasteiger charge is -2.14. The standard InChI is InChI=1S/C18H20N2O2/c1-11-7-12(2)15-9-17(19-16(15)8-11)18(21)20(4)10-14-6-5-13(3)22-14/h5-9,19H,10H2,1-4H3. The summed E-state index contributed by atoms with van der Waals surface area (Å²) < 4.78 is 5.53. The fourth-order valence-corrected chi connectivity index (χ4v) is 2.80. The molecule has 114 valence electrons. The molecule has 4 heteroatoms. The van der Waals surface area contributed by atoms with E-state index in [1.165, 1.54) is 11.1 Å². The van der Waals surface area contributed by atoms with Crippen LogP contribution in [0.25, 0.3) is 10.9 Å². The molecule has 1 aromatic carbocycles. The Kier molecular flexibility index (Phi) is 3.53. The van der Waals surface area contributed by atoms with Crippen LogP contribution in [0.3, 0.4) is 0 Å². The number of fused-ring (bicyclic) bond motifs is 1. The quantitative estimate of drug-likeness (QED) is 0.795. The predicted octanol–water partition coefficient (Wildman–Crippen LogP) is 3.96. The number of aromatic amines is 1. The van der Waals surface area contributed by atoms with Crippen LogP contribution in [0.1, 0.15) is 33.1 Å². The number of H-pyrrole nitrogens is 1. The van der Waals surface area contributed by atoms with E-state index in [1.807, 2.05) is 25.1 Å². The van der Waals surface area contributed by atoms with Gasteiger partial charge in [-0.1, -0.05) is 6.07 Å². The second kappa shape index (κ2) is 5.37. The van der Waals surface area contributed by atoms with E-state index in [2.05, 4.69) is 31.0 Å². The number of carbonyl (C=O) groups excluding carboxylic acids is 1. The molecule has 0 aliphatic carbocycles. The van der Waals surface area contributed by atoms with Gasteiger partial charge in [-0.15, -0.1) is 0 Å². The van der Waals surface area contributed by atoms with Crippen molar-refractivity contribution >= 4 is 16.8 Å². The van der Waals surface area contributed by atoms with Gasteiger partial charge in [0.2, 0.25) is 0 Å². The van der Waals surface area contributed by atoms with Gasteiger partial charge in [-0.05, 0) is 56.2 Å². The average Bonchev–Trinajstić information content (AvgIpc) is 3.04. The van der Waals surface area contributed by atoms with Crippen LogP contribution >= 0.6 is 0 Å². The van der Waals surface area contributed by atoms with Gasteiger partial charge in [0, 0.05) is 18.0 Å². The number of aryl methyl sites for hydroxylation is 3. The van der Waals surface area contributed by atoms with Crippen molar-refractivity contribution in [2.24, 2.45) is 0 Å². The Labute approximate surface area is 129 Å². The van der Waals surface area contributed by atoms with Crippen LogP contribution in [0.5, 0.6) is 0 Å². The van der Waals surface area contributed by atoms with Crippen LogP contribution in [0.15, 0.2) is 34.7 Å². The first kappa shape index (κ1) is 14.4. The van der Waals surface area contributed by atoms with E-state index in [1.54, 1.807) is 11.9 Å². The highest BCUT2D eigenvalue weighted by Crippen LogP contribution is 2.22. The number of nitrogens with one attached hydrogen (secondary N) is 1. The van der Waals surface area contributed by atoms with Crippen molar-refractivity contribution in [3.63, 3.8) is 0 Å². The lowest BCUT2D eigenvalue weighted by Crippen LogP contribution is -2.26. The molecule has 0 saturated heterocycles. The number of amides is 1. The highest BCUT2D eigenvalue weighted by molar-refractivity contribution is 5.98. The first-order valence-corrected chi connectivity index (χ1v) is 7.35. The molecule has 1 N–H and O–H groups in total. The Bertz CT molecular complexity index is 842. The molecular formula is C18H20N2O2. The fourth-order valence-electron chi connectivity index (χ4n) is 2.80. The van der Waals surface area contributed by atoms with Gasteiger partial charge in [-0.25, -0.2) is 0 Å². The van der Waals surface area contributed by atoms with Gasteiger partial charge in [0.25, 0.3) is 5.91 Å². The zero-order chi connectivity index (χ0) is 15.9. The lowest BCUT2D eigenvalue weighted by atomic mass is 10.1. The molecule has 0 saturated carbocycles. The Morgan fingerprint density at radius 2 is 1.95 bits per heavy atom. The van der Waals surface area contributed by atoms with E-state index in [4.69, 9.17) is 4.42 Å². The SMILES string of the molecule is Cc1cc(C)c2cc(C(=O)N(C)Cc3ccc(C)o3)[nH]c2c1. The van der Waals surface area contributed by atoms with Crippen molar-refractivity contribution in [3.05, 3.63) is 58.7 Å². The first-order valence-electron chi connectivity index (χ1n) is 7.35. The average molecular weight is 296 g/mol. The Morgan fingerprint density at radius 1 is 1.18 bits per heavy atom. The Morgan fingerprint density at radius 3 is 2.64 bits per heavy atom. The highest BCUT2D eigenvalue weighted by atomic mass is 16.3. The van der Waals surface area contributed by atoms with Crippen LogP contribution in [-0.4, -0.2) is 22.8 Å². The van der Waals surface area contributed by atoms with E-state index in [0.717, 1.165) is 22.4 Å². The van der Waals surface area contributed by atoms with Crippen molar-refractivity contribution < 1.29 is 9.21 Å². The predicted molar refractivity (Wildman–Crippen MR) is 87.0 cm³/mol. The largest absolute Gasteiger partial charge is 0.464 e. The normalized spacial score (nSPS) is 11.1. The fraction of sp³-hybridized carbons (Fsp3) is 0.278. The van der Waals surface area contributed by atoms with Gasteiger partial charge in [0.1, 0.15) is 17.2 Å². The molecule has 2 heterocycles. The van der Waals surface area contributed by atoms with Crippen LogP contribution in [-0.2, 0) is 6.54 Å². The molecule has 0 aliphatic heterocycles. The maximum atomic E-state index is 12.6. The van der Waals surface area contributed by atoms with Crippen molar-refractivity contribution in [2.45, 2.75) is 27.3 Å².